The SMILES string of the molecule is CC(=O)Nc1ccc(C(=O)OC(=O)C(F)(F)F)cc1-n1cc(-c2ccc(Cl)cc2)nc1N. The monoisotopic (exact) mass is 466 g/mol. The maximum absolute atomic E-state index is 12.4. The Morgan fingerprint density at radius 1 is 1.12 bits per heavy atom. The van der Waals surface area contributed by atoms with Crippen molar-refractivity contribution >= 4 is 41.1 Å². The van der Waals surface area contributed by atoms with Crippen molar-refractivity contribution in [1.29, 1.82) is 0 Å². The number of nitrogens with zero attached hydrogens (tertiary/aromatic N) is 2. The van der Waals surface area contributed by atoms with Crippen LogP contribution in [-0.4, -0.2) is 33.6 Å². The molecule has 0 bridgehead atoms. The van der Waals surface area contributed by atoms with Gasteiger partial charge in [-0.25, -0.2) is 14.6 Å². The Hall–Kier alpha value is -3.86. The van der Waals surface area contributed by atoms with Crippen LogP contribution >= 0.6 is 11.6 Å². The van der Waals surface area contributed by atoms with Crippen molar-refractivity contribution in [2.45, 2.75) is 13.1 Å². The number of hydrogen-bond donors (Lipinski definition) is 2. The Morgan fingerprint density at radius 3 is 2.38 bits per heavy atom. The second kappa shape index (κ2) is 8.71. The van der Waals surface area contributed by atoms with Gasteiger partial charge in [0.05, 0.1) is 22.6 Å². The molecule has 32 heavy (non-hydrogen) atoms. The Bertz CT molecular complexity index is 1210. The van der Waals surface area contributed by atoms with Crippen LogP contribution in [0.4, 0.5) is 24.8 Å². The molecular formula is C20H14ClF3N4O4. The number of nitrogens with two attached hydrogens (primary N) is 1. The molecule has 0 saturated heterocycles. The molecule has 0 fully saturated rings. The average Bonchev–Trinajstić information content (AvgIpc) is 3.09. The van der Waals surface area contributed by atoms with Gasteiger partial charge in [0.15, 0.2) is 0 Å². The Labute approximate surface area is 183 Å². The van der Waals surface area contributed by atoms with Gasteiger partial charge in [0.1, 0.15) is 0 Å². The molecule has 166 valence electrons. The fourth-order valence-corrected chi connectivity index (χ4v) is 2.83. The van der Waals surface area contributed by atoms with Gasteiger partial charge in [-0.3, -0.25) is 9.36 Å². The van der Waals surface area contributed by atoms with E-state index >= 15 is 0 Å². The molecule has 0 unspecified atom stereocenters. The second-order valence-electron chi connectivity index (χ2n) is 6.45. The molecule has 3 aromatic rings. The summed E-state index contributed by atoms with van der Waals surface area (Å²) in [6, 6.07) is 10.1. The van der Waals surface area contributed by atoms with Crippen molar-refractivity contribution in [1.82, 2.24) is 9.55 Å². The number of carbonyl (C=O) groups excluding carboxylic acids is 3. The number of rotatable bonds is 4. The van der Waals surface area contributed by atoms with Gasteiger partial charge in [0.25, 0.3) is 0 Å². The summed E-state index contributed by atoms with van der Waals surface area (Å²) < 4.78 is 42.4. The van der Waals surface area contributed by atoms with Crippen LogP contribution in [0.5, 0.6) is 0 Å². The highest BCUT2D eigenvalue weighted by molar-refractivity contribution is 6.30. The Morgan fingerprint density at radius 2 is 1.78 bits per heavy atom. The number of nitrogens with one attached hydrogen (secondary N) is 1. The van der Waals surface area contributed by atoms with Crippen molar-refractivity contribution in [2.24, 2.45) is 0 Å². The molecular weight excluding hydrogens is 453 g/mol. The summed E-state index contributed by atoms with van der Waals surface area (Å²) in [5.74, 6) is -4.68. The minimum Gasteiger partial charge on any atom is -0.383 e. The molecule has 0 aliphatic rings. The number of halogens is 4. The molecule has 0 saturated carbocycles. The molecule has 8 nitrogen and oxygen atoms in total. The van der Waals surface area contributed by atoms with Crippen molar-refractivity contribution in [3.63, 3.8) is 0 Å². The van der Waals surface area contributed by atoms with Gasteiger partial charge in [-0.15, -0.1) is 0 Å². The maximum Gasteiger partial charge on any atom is 0.491 e. The Kier molecular flexibility index (Phi) is 6.21. The van der Waals surface area contributed by atoms with Gasteiger partial charge < -0.3 is 15.8 Å². The molecule has 3 N–H and O–H groups in total. The number of esters is 2. The van der Waals surface area contributed by atoms with Crippen LogP contribution < -0.4 is 11.1 Å². The van der Waals surface area contributed by atoms with E-state index in [0.29, 0.717) is 16.3 Å². The normalized spacial score (nSPS) is 11.2. The summed E-state index contributed by atoms with van der Waals surface area (Å²) >= 11 is 5.88. The molecule has 1 aromatic heterocycles. The van der Waals surface area contributed by atoms with Gasteiger partial charge in [0, 0.05) is 23.7 Å². The van der Waals surface area contributed by atoms with Crippen LogP contribution in [0.2, 0.25) is 5.02 Å². The standard InChI is InChI=1S/C20H14ClF3N4O4/c1-10(29)26-14-7-4-12(17(30)32-18(31)20(22,23)24)8-16(14)28-9-15(27-19(28)25)11-2-5-13(21)6-3-11/h2-9H,1H3,(H2,25,27)(H,26,29). The molecule has 1 amide bonds. The number of benzene rings is 2. The number of amides is 1. The minimum atomic E-state index is -5.34. The first-order valence-electron chi connectivity index (χ1n) is 8.82. The fourth-order valence-electron chi connectivity index (χ4n) is 2.70. The van der Waals surface area contributed by atoms with Crippen LogP contribution in [0.25, 0.3) is 16.9 Å². The first-order valence-corrected chi connectivity index (χ1v) is 9.19. The molecule has 0 spiro atoms. The van der Waals surface area contributed by atoms with E-state index < -0.39 is 24.0 Å². The van der Waals surface area contributed by atoms with Crippen LogP contribution in [0.15, 0.2) is 48.7 Å². The van der Waals surface area contributed by atoms with Crippen LogP contribution in [0.1, 0.15) is 17.3 Å². The lowest BCUT2D eigenvalue weighted by Crippen LogP contribution is -2.28. The lowest BCUT2D eigenvalue weighted by Gasteiger charge is -2.13. The number of nitrogen functional groups attached to an aromatic ring is 1. The summed E-state index contributed by atoms with van der Waals surface area (Å²) in [6.45, 7) is 1.24. The minimum absolute atomic E-state index is 0.0431. The lowest BCUT2D eigenvalue weighted by atomic mass is 10.1. The zero-order valence-electron chi connectivity index (χ0n) is 16.2. The van der Waals surface area contributed by atoms with Gasteiger partial charge in [-0.1, -0.05) is 23.7 Å². The highest BCUT2D eigenvalue weighted by Crippen LogP contribution is 2.29. The van der Waals surface area contributed by atoms with Crippen molar-refractivity contribution in [3.05, 3.63) is 59.2 Å². The zero-order chi connectivity index (χ0) is 23.6. The number of hydrogen-bond acceptors (Lipinski definition) is 6. The number of anilines is 2. The van der Waals surface area contributed by atoms with E-state index in [1.807, 2.05) is 0 Å². The largest absolute Gasteiger partial charge is 0.491 e. The second-order valence-corrected chi connectivity index (χ2v) is 6.89. The number of alkyl halides is 3. The van der Waals surface area contributed by atoms with Crippen molar-refractivity contribution in [3.8, 4) is 16.9 Å². The third kappa shape index (κ3) is 5.06. The van der Waals surface area contributed by atoms with Gasteiger partial charge in [0.2, 0.25) is 11.9 Å². The Balaban J connectivity index is 2.05. The molecule has 0 aliphatic carbocycles. The van der Waals surface area contributed by atoms with Crippen molar-refractivity contribution < 1.29 is 32.3 Å². The highest BCUT2D eigenvalue weighted by atomic mass is 35.5. The van der Waals surface area contributed by atoms with E-state index in [1.54, 1.807) is 24.3 Å². The lowest BCUT2D eigenvalue weighted by molar-refractivity contribution is -0.193. The van der Waals surface area contributed by atoms with Gasteiger partial charge in [-0.2, -0.15) is 13.2 Å². The number of aromatic nitrogens is 2. The third-order valence-electron chi connectivity index (χ3n) is 4.09. The first-order chi connectivity index (χ1) is 15.0. The molecule has 0 radical (unpaired) electrons. The predicted octanol–water partition coefficient (Wildman–Crippen LogP) is 3.98. The molecule has 3 rings (SSSR count). The highest BCUT2D eigenvalue weighted by Gasteiger charge is 2.42. The summed E-state index contributed by atoms with van der Waals surface area (Å²) in [4.78, 5) is 38.8. The third-order valence-corrected chi connectivity index (χ3v) is 4.35. The molecule has 2 aromatic carbocycles. The van der Waals surface area contributed by atoms with Gasteiger partial charge >= 0.3 is 18.1 Å². The smallest absolute Gasteiger partial charge is 0.383 e. The van der Waals surface area contributed by atoms with E-state index in [0.717, 1.165) is 12.1 Å². The quantitative estimate of drug-likeness (QED) is 0.444. The van der Waals surface area contributed by atoms with Crippen LogP contribution in [0, 0.1) is 0 Å². The fraction of sp³-hybridized carbons (Fsp3) is 0.100. The molecule has 0 aliphatic heterocycles. The average molecular weight is 467 g/mol. The molecule has 0 atom stereocenters. The zero-order valence-corrected chi connectivity index (χ0v) is 17.0. The first kappa shape index (κ1) is 22.8. The van der Waals surface area contributed by atoms with Crippen LogP contribution in [-0.2, 0) is 14.3 Å². The summed E-state index contributed by atoms with van der Waals surface area (Å²) in [5.41, 5.74) is 6.99. The number of carbonyl (C=O) groups is 3. The van der Waals surface area contributed by atoms with E-state index in [1.165, 1.54) is 23.8 Å². The van der Waals surface area contributed by atoms with Crippen molar-refractivity contribution in [2.75, 3.05) is 11.1 Å². The van der Waals surface area contributed by atoms with E-state index in [9.17, 15) is 27.6 Å². The van der Waals surface area contributed by atoms with E-state index in [4.69, 9.17) is 17.3 Å². The number of ether oxygens (including phenoxy) is 1. The molecule has 1 heterocycles. The van der Waals surface area contributed by atoms with Crippen LogP contribution in [0.3, 0.4) is 0 Å². The predicted molar refractivity (Wildman–Crippen MR) is 109 cm³/mol. The number of imidazole rings is 1. The van der Waals surface area contributed by atoms with E-state index in [-0.39, 0.29) is 22.9 Å². The maximum atomic E-state index is 12.4. The topological polar surface area (TPSA) is 116 Å². The van der Waals surface area contributed by atoms with E-state index in [2.05, 4.69) is 15.0 Å². The summed E-state index contributed by atoms with van der Waals surface area (Å²) in [5, 5.41) is 3.04. The van der Waals surface area contributed by atoms with Gasteiger partial charge in [-0.05, 0) is 30.3 Å². The summed E-state index contributed by atoms with van der Waals surface area (Å²) in [7, 11) is 0. The molecule has 12 heteroatoms. The summed E-state index contributed by atoms with van der Waals surface area (Å²) in [6.07, 6.45) is -3.84.